The summed E-state index contributed by atoms with van der Waals surface area (Å²) in [6.45, 7) is 7.55. The van der Waals surface area contributed by atoms with Gasteiger partial charge in [0.25, 0.3) is 0 Å². The van der Waals surface area contributed by atoms with E-state index in [4.69, 9.17) is 0 Å². The van der Waals surface area contributed by atoms with E-state index < -0.39 is 0 Å². The SMILES string of the molecule is CC(C)(C)C(O)CN1CCC(O)c2ccccc21. The molecule has 0 radical (unpaired) electrons. The molecule has 0 saturated carbocycles. The number of anilines is 1. The maximum absolute atomic E-state index is 10.2. The number of nitrogens with zero attached hydrogens (tertiary/aromatic N) is 1. The lowest BCUT2D eigenvalue weighted by atomic mass is 9.88. The molecule has 0 aliphatic carbocycles. The Morgan fingerprint density at radius 1 is 1.33 bits per heavy atom. The first-order valence-electron chi connectivity index (χ1n) is 6.59. The van der Waals surface area contributed by atoms with E-state index in [1.807, 2.05) is 45.0 Å². The van der Waals surface area contributed by atoms with Gasteiger partial charge in [-0.25, -0.2) is 0 Å². The van der Waals surface area contributed by atoms with Crippen LogP contribution in [0.4, 0.5) is 5.69 Å². The standard InChI is InChI=1S/C15H23NO2/c1-15(2,3)14(18)10-16-9-8-13(17)11-6-4-5-7-12(11)16/h4-7,13-14,17-18H,8-10H2,1-3H3. The molecule has 0 bridgehead atoms. The van der Waals surface area contributed by atoms with Crippen LogP contribution in [0.15, 0.2) is 24.3 Å². The Morgan fingerprint density at radius 2 is 2.00 bits per heavy atom. The summed E-state index contributed by atoms with van der Waals surface area (Å²) < 4.78 is 0. The Bertz CT molecular complexity index is 411. The second kappa shape index (κ2) is 4.90. The van der Waals surface area contributed by atoms with Gasteiger partial charge in [-0.05, 0) is 17.9 Å². The zero-order valence-electron chi connectivity index (χ0n) is 11.4. The highest BCUT2D eigenvalue weighted by atomic mass is 16.3. The number of rotatable bonds is 2. The second-order valence-electron chi connectivity index (χ2n) is 6.19. The monoisotopic (exact) mass is 249 g/mol. The molecule has 0 amide bonds. The Balaban J connectivity index is 2.19. The molecule has 1 heterocycles. The zero-order valence-corrected chi connectivity index (χ0v) is 11.4. The van der Waals surface area contributed by atoms with Crippen molar-refractivity contribution in [2.45, 2.75) is 39.4 Å². The summed E-state index contributed by atoms with van der Waals surface area (Å²) in [7, 11) is 0. The molecule has 18 heavy (non-hydrogen) atoms. The maximum atomic E-state index is 10.2. The topological polar surface area (TPSA) is 43.7 Å². The summed E-state index contributed by atoms with van der Waals surface area (Å²) in [6, 6.07) is 7.92. The average molecular weight is 249 g/mol. The minimum atomic E-state index is -0.374. The Labute approximate surface area is 109 Å². The molecule has 2 rings (SSSR count). The van der Waals surface area contributed by atoms with E-state index >= 15 is 0 Å². The lowest BCUT2D eigenvalue weighted by Crippen LogP contribution is -2.42. The quantitative estimate of drug-likeness (QED) is 0.845. The van der Waals surface area contributed by atoms with E-state index in [0.29, 0.717) is 6.54 Å². The number of fused-ring (bicyclic) bond motifs is 1. The number of hydrogen-bond acceptors (Lipinski definition) is 3. The van der Waals surface area contributed by atoms with Crippen LogP contribution in [0.25, 0.3) is 0 Å². The third-order valence-corrected chi connectivity index (χ3v) is 3.70. The molecule has 100 valence electrons. The van der Waals surface area contributed by atoms with E-state index in [0.717, 1.165) is 24.2 Å². The number of β-amino-alcohol motifs (C(OH)–C–C–N with tert-alkyl or cyclic N) is 1. The molecule has 0 saturated heterocycles. The van der Waals surface area contributed by atoms with Crippen LogP contribution in [0.3, 0.4) is 0 Å². The largest absolute Gasteiger partial charge is 0.391 e. The van der Waals surface area contributed by atoms with Gasteiger partial charge in [0.05, 0.1) is 12.2 Å². The van der Waals surface area contributed by atoms with E-state index in [-0.39, 0.29) is 17.6 Å². The Kier molecular flexibility index (Phi) is 3.64. The molecule has 0 aromatic heterocycles. The minimum absolute atomic E-state index is 0.120. The van der Waals surface area contributed by atoms with Crippen molar-refractivity contribution in [3.8, 4) is 0 Å². The normalized spacial score (nSPS) is 21.6. The van der Waals surface area contributed by atoms with Crippen LogP contribution in [-0.2, 0) is 0 Å². The van der Waals surface area contributed by atoms with Gasteiger partial charge in [0.15, 0.2) is 0 Å². The first-order valence-corrected chi connectivity index (χ1v) is 6.59. The van der Waals surface area contributed by atoms with Gasteiger partial charge in [0.1, 0.15) is 0 Å². The third kappa shape index (κ3) is 2.68. The van der Waals surface area contributed by atoms with Crippen molar-refractivity contribution in [3.63, 3.8) is 0 Å². The highest BCUT2D eigenvalue weighted by Gasteiger charge is 2.28. The van der Waals surface area contributed by atoms with Crippen molar-refractivity contribution >= 4 is 5.69 Å². The smallest absolute Gasteiger partial charge is 0.0826 e. The molecule has 3 heteroatoms. The first-order chi connectivity index (χ1) is 8.39. The molecule has 1 aromatic rings. The highest BCUT2D eigenvalue weighted by molar-refractivity contribution is 5.56. The number of aliphatic hydroxyl groups is 2. The van der Waals surface area contributed by atoms with Crippen molar-refractivity contribution in [2.75, 3.05) is 18.0 Å². The minimum Gasteiger partial charge on any atom is -0.391 e. The lowest BCUT2D eigenvalue weighted by molar-refractivity contribution is 0.0669. The maximum Gasteiger partial charge on any atom is 0.0826 e. The average Bonchev–Trinajstić information content (AvgIpc) is 2.32. The zero-order chi connectivity index (χ0) is 13.3. The van der Waals surface area contributed by atoms with Crippen LogP contribution >= 0.6 is 0 Å². The molecule has 1 aliphatic rings. The van der Waals surface area contributed by atoms with E-state index in [2.05, 4.69) is 4.90 Å². The Morgan fingerprint density at radius 3 is 2.67 bits per heavy atom. The van der Waals surface area contributed by atoms with Gasteiger partial charge in [-0.2, -0.15) is 0 Å². The molecule has 0 fully saturated rings. The van der Waals surface area contributed by atoms with Crippen molar-refractivity contribution in [1.29, 1.82) is 0 Å². The van der Waals surface area contributed by atoms with E-state index in [9.17, 15) is 10.2 Å². The van der Waals surface area contributed by atoms with Gasteiger partial charge in [0, 0.05) is 24.3 Å². The number of aliphatic hydroxyl groups excluding tert-OH is 2. The molecule has 2 N–H and O–H groups in total. The fourth-order valence-corrected chi connectivity index (χ4v) is 2.28. The number of hydrogen-bond donors (Lipinski definition) is 2. The Hall–Kier alpha value is -1.06. The molecular formula is C15H23NO2. The van der Waals surface area contributed by atoms with Crippen molar-refractivity contribution in [2.24, 2.45) is 5.41 Å². The predicted octanol–water partition coefficient (Wildman–Crippen LogP) is 2.34. The second-order valence-corrected chi connectivity index (χ2v) is 6.19. The summed E-state index contributed by atoms with van der Waals surface area (Å²) in [5.41, 5.74) is 1.91. The molecule has 1 aliphatic heterocycles. The van der Waals surface area contributed by atoms with Crippen molar-refractivity contribution in [1.82, 2.24) is 0 Å². The van der Waals surface area contributed by atoms with Gasteiger partial charge >= 0.3 is 0 Å². The van der Waals surface area contributed by atoms with Crippen LogP contribution in [0.5, 0.6) is 0 Å². The van der Waals surface area contributed by atoms with Crippen LogP contribution in [0.1, 0.15) is 38.9 Å². The fraction of sp³-hybridized carbons (Fsp3) is 0.600. The lowest BCUT2D eigenvalue weighted by Gasteiger charge is -2.38. The molecule has 1 aromatic carbocycles. The predicted molar refractivity (Wildman–Crippen MR) is 73.7 cm³/mol. The fourth-order valence-electron chi connectivity index (χ4n) is 2.28. The summed E-state index contributed by atoms with van der Waals surface area (Å²) >= 11 is 0. The summed E-state index contributed by atoms with van der Waals surface area (Å²) in [6.07, 6.45) is -0.0153. The van der Waals surface area contributed by atoms with E-state index in [1.165, 1.54) is 0 Å². The van der Waals surface area contributed by atoms with Gasteiger partial charge in [-0.1, -0.05) is 39.0 Å². The summed E-state index contributed by atoms with van der Waals surface area (Å²) in [4.78, 5) is 2.18. The first kappa shape index (κ1) is 13.4. The molecule has 0 spiro atoms. The summed E-state index contributed by atoms with van der Waals surface area (Å²) in [5, 5.41) is 20.2. The van der Waals surface area contributed by atoms with Gasteiger partial charge in [0.2, 0.25) is 0 Å². The van der Waals surface area contributed by atoms with Gasteiger partial charge < -0.3 is 15.1 Å². The number of para-hydroxylation sites is 1. The van der Waals surface area contributed by atoms with Crippen molar-refractivity contribution < 1.29 is 10.2 Å². The van der Waals surface area contributed by atoms with E-state index in [1.54, 1.807) is 0 Å². The molecular weight excluding hydrogens is 226 g/mol. The van der Waals surface area contributed by atoms with Crippen LogP contribution in [0, 0.1) is 5.41 Å². The van der Waals surface area contributed by atoms with Gasteiger partial charge in [-0.15, -0.1) is 0 Å². The van der Waals surface area contributed by atoms with Crippen molar-refractivity contribution in [3.05, 3.63) is 29.8 Å². The van der Waals surface area contributed by atoms with Crippen LogP contribution < -0.4 is 4.90 Å². The third-order valence-electron chi connectivity index (χ3n) is 3.70. The molecule has 3 nitrogen and oxygen atoms in total. The van der Waals surface area contributed by atoms with Crippen LogP contribution in [0.2, 0.25) is 0 Å². The van der Waals surface area contributed by atoms with Crippen LogP contribution in [-0.4, -0.2) is 29.4 Å². The van der Waals surface area contributed by atoms with Gasteiger partial charge in [-0.3, -0.25) is 0 Å². The molecule has 2 atom stereocenters. The number of benzene rings is 1. The highest BCUT2D eigenvalue weighted by Crippen LogP contribution is 2.34. The summed E-state index contributed by atoms with van der Waals surface area (Å²) in [5.74, 6) is 0. The molecule has 2 unspecified atom stereocenters.